The van der Waals surface area contributed by atoms with Crippen molar-refractivity contribution < 1.29 is 22.7 Å². The van der Waals surface area contributed by atoms with Gasteiger partial charge in [-0.1, -0.05) is 13.8 Å². The number of primary amides is 1. The highest BCUT2D eigenvalue weighted by Crippen LogP contribution is 2.28. The molecule has 0 radical (unpaired) electrons. The number of rotatable bonds is 9. The fourth-order valence-corrected chi connectivity index (χ4v) is 4.99. The minimum Gasteiger partial charge on any atom is -0.476 e. The van der Waals surface area contributed by atoms with Crippen LogP contribution in [0.3, 0.4) is 0 Å². The van der Waals surface area contributed by atoms with E-state index >= 15 is 0 Å². The van der Waals surface area contributed by atoms with Crippen LogP contribution in [0, 0.1) is 0 Å². The Morgan fingerprint density at radius 2 is 1.91 bits per heavy atom. The average Bonchev–Trinajstić information content (AvgIpc) is 3.25. The second-order valence-electron chi connectivity index (χ2n) is 7.39. The molecule has 0 bridgehead atoms. The molecule has 12 nitrogen and oxygen atoms in total. The molecule has 0 aliphatic carbocycles. The lowest BCUT2D eigenvalue weighted by molar-refractivity contribution is 0.0973. The summed E-state index contributed by atoms with van der Waals surface area (Å²) in [5.74, 6) is -1.48. The molecule has 0 spiro atoms. The van der Waals surface area contributed by atoms with E-state index in [0.717, 1.165) is 6.54 Å². The summed E-state index contributed by atoms with van der Waals surface area (Å²) in [5, 5.41) is 9.07. The first-order chi connectivity index (χ1) is 15.7. The van der Waals surface area contributed by atoms with Crippen molar-refractivity contribution in [2.75, 3.05) is 44.6 Å². The van der Waals surface area contributed by atoms with E-state index in [1.807, 2.05) is 6.92 Å². The molecule has 33 heavy (non-hydrogen) atoms. The van der Waals surface area contributed by atoms with Gasteiger partial charge in [-0.3, -0.25) is 14.7 Å². The van der Waals surface area contributed by atoms with Gasteiger partial charge in [0.1, 0.15) is 10.6 Å². The molecular formula is C20H29N7O5S. The Labute approximate surface area is 192 Å². The topological polar surface area (TPSA) is 164 Å². The van der Waals surface area contributed by atoms with Crippen molar-refractivity contribution in [2.24, 2.45) is 5.73 Å². The Morgan fingerprint density at radius 3 is 2.48 bits per heavy atom. The maximum Gasteiger partial charge on any atom is 0.270 e. The van der Waals surface area contributed by atoms with Gasteiger partial charge >= 0.3 is 0 Å². The number of amides is 2. The third-order valence-corrected chi connectivity index (χ3v) is 7.29. The Hall–Kier alpha value is -3.03. The quantitative estimate of drug-likeness (QED) is 0.466. The molecule has 2 aromatic rings. The number of piperazine rings is 1. The number of carbonyl (C=O) groups excluding carboxylic acids is 2. The Balaban J connectivity index is 1.94. The van der Waals surface area contributed by atoms with Crippen molar-refractivity contribution in [1.82, 2.24) is 24.4 Å². The van der Waals surface area contributed by atoms with Crippen molar-refractivity contribution >= 4 is 27.5 Å². The Morgan fingerprint density at radius 1 is 1.21 bits per heavy atom. The summed E-state index contributed by atoms with van der Waals surface area (Å²) in [6, 6.07) is 1.31. The maximum absolute atomic E-state index is 13.2. The molecule has 180 valence electrons. The van der Waals surface area contributed by atoms with Crippen LogP contribution >= 0.6 is 0 Å². The van der Waals surface area contributed by atoms with Crippen molar-refractivity contribution in [1.29, 1.82) is 0 Å². The van der Waals surface area contributed by atoms with E-state index in [4.69, 9.17) is 10.5 Å². The number of pyridine rings is 1. The zero-order valence-electron chi connectivity index (χ0n) is 18.9. The summed E-state index contributed by atoms with van der Waals surface area (Å²) in [6.07, 6.45) is 1.62. The second-order valence-corrected chi connectivity index (χ2v) is 9.33. The Bertz CT molecular complexity index is 1120. The zero-order valence-corrected chi connectivity index (χ0v) is 19.7. The van der Waals surface area contributed by atoms with Crippen LogP contribution in [-0.2, 0) is 16.4 Å². The summed E-state index contributed by atoms with van der Waals surface area (Å²) >= 11 is 0. The number of ether oxygens (including phenoxy) is 1. The van der Waals surface area contributed by atoms with E-state index < -0.39 is 21.8 Å². The molecule has 0 aromatic carbocycles. The number of nitrogens with zero attached hydrogens (tertiary/aromatic N) is 4. The summed E-state index contributed by atoms with van der Waals surface area (Å²) in [5.41, 5.74) is 5.63. The molecule has 2 amide bonds. The van der Waals surface area contributed by atoms with E-state index in [1.54, 1.807) is 13.8 Å². The van der Waals surface area contributed by atoms with Gasteiger partial charge in [0.2, 0.25) is 15.9 Å². The number of aromatic nitrogens is 3. The summed E-state index contributed by atoms with van der Waals surface area (Å²) in [4.78, 5) is 31.0. The van der Waals surface area contributed by atoms with E-state index in [2.05, 4.69) is 25.4 Å². The maximum atomic E-state index is 13.2. The third-order valence-electron chi connectivity index (χ3n) is 5.43. The highest BCUT2D eigenvalue weighted by Gasteiger charge is 2.30. The minimum atomic E-state index is -3.83. The molecule has 0 atom stereocenters. The van der Waals surface area contributed by atoms with Crippen LogP contribution in [0.2, 0.25) is 0 Å². The van der Waals surface area contributed by atoms with Gasteiger partial charge in [-0.15, -0.1) is 0 Å². The molecule has 1 fully saturated rings. The van der Waals surface area contributed by atoms with Crippen LogP contribution in [0.1, 0.15) is 47.3 Å². The Kier molecular flexibility index (Phi) is 7.66. The number of sulfonamides is 1. The van der Waals surface area contributed by atoms with Crippen molar-refractivity contribution in [2.45, 2.75) is 32.1 Å². The molecule has 3 heterocycles. The van der Waals surface area contributed by atoms with E-state index in [0.29, 0.717) is 38.3 Å². The minimum absolute atomic E-state index is 0.00334. The lowest BCUT2D eigenvalue weighted by atomic mass is 10.1. The monoisotopic (exact) mass is 479 g/mol. The smallest absolute Gasteiger partial charge is 0.270 e. The molecule has 1 aliphatic heterocycles. The number of hydrogen-bond acceptors (Lipinski definition) is 8. The van der Waals surface area contributed by atoms with Gasteiger partial charge in [-0.25, -0.2) is 13.4 Å². The van der Waals surface area contributed by atoms with Gasteiger partial charge in [-0.2, -0.15) is 9.40 Å². The van der Waals surface area contributed by atoms with Crippen molar-refractivity contribution in [3.8, 4) is 5.88 Å². The first-order valence-corrected chi connectivity index (χ1v) is 12.2. The van der Waals surface area contributed by atoms with E-state index in [9.17, 15) is 18.0 Å². The first kappa shape index (κ1) is 24.6. The zero-order chi connectivity index (χ0) is 24.2. The summed E-state index contributed by atoms with van der Waals surface area (Å²) in [7, 11) is -3.83. The predicted octanol–water partition coefficient (Wildman–Crippen LogP) is 0.443. The predicted molar refractivity (Wildman–Crippen MR) is 121 cm³/mol. The van der Waals surface area contributed by atoms with Crippen molar-refractivity contribution in [3.63, 3.8) is 0 Å². The molecule has 0 unspecified atom stereocenters. The number of anilines is 1. The van der Waals surface area contributed by atoms with Gasteiger partial charge in [0.15, 0.2) is 5.69 Å². The normalized spacial score (nSPS) is 15.4. The van der Waals surface area contributed by atoms with Crippen LogP contribution in [0.4, 0.5) is 5.69 Å². The van der Waals surface area contributed by atoms with Gasteiger partial charge < -0.3 is 20.7 Å². The summed E-state index contributed by atoms with van der Waals surface area (Å²) in [6.45, 7) is 8.66. The highest BCUT2D eigenvalue weighted by atomic mass is 32.2. The number of aryl methyl sites for hydroxylation is 1. The lowest BCUT2D eigenvalue weighted by Gasteiger charge is -2.33. The van der Waals surface area contributed by atoms with Gasteiger partial charge in [0.05, 0.1) is 18.4 Å². The fraction of sp³-hybridized carbons (Fsp3) is 0.500. The van der Waals surface area contributed by atoms with Crippen LogP contribution in [0.15, 0.2) is 17.2 Å². The molecule has 1 aliphatic rings. The largest absolute Gasteiger partial charge is 0.476 e. The number of likely N-dealkylation sites (N-methyl/N-ethyl adjacent to an activating group) is 1. The third kappa shape index (κ3) is 5.15. The lowest BCUT2D eigenvalue weighted by Crippen LogP contribution is -2.48. The molecule has 3 rings (SSSR count). The first-order valence-electron chi connectivity index (χ1n) is 10.8. The summed E-state index contributed by atoms with van der Waals surface area (Å²) < 4.78 is 33.3. The highest BCUT2D eigenvalue weighted by molar-refractivity contribution is 7.89. The van der Waals surface area contributed by atoms with Crippen LogP contribution < -0.4 is 15.8 Å². The molecule has 0 saturated carbocycles. The number of aromatic amines is 1. The van der Waals surface area contributed by atoms with Crippen molar-refractivity contribution in [3.05, 3.63) is 29.2 Å². The number of carbonyl (C=O) groups is 2. The second kappa shape index (κ2) is 10.3. The van der Waals surface area contributed by atoms with Crippen LogP contribution in [0.5, 0.6) is 5.88 Å². The van der Waals surface area contributed by atoms with Crippen LogP contribution in [-0.4, -0.2) is 83.9 Å². The number of nitrogens with one attached hydrogen (secondary N) is 2. The number of nitrogens with two attached hydrogens (primary N) is 1. The SMILES string of the molecule is CCOc1ncc(S(=O)(=O)N2CCN(CC)CC2)cc1NC(=O)c1c(C(N)=O)n[nH]c1CC. The van der Waals surface area contributed by atoms with Gasteiger partial charge in [-0.05, 0) is 26.0 Å². The molecule has 1 saturated heterocycles. The van der Waals surface area contributed by atoms with Gasteiger partial charge in [0.25, 0.3) is 11.8 Å². The number of hydrogen-bond donors (Lipinski definition) is 3. The molecule has 2 aromatic heterocycles. The fourth-order valence-electron chi connectivity index (χ4n) is 3.59. The van der Waals surface area contributed by atoms with Gasteiger partial charge in [0, 0.05) is 31.9 Å². The molecule has 13 heteroatoms. The number of H-pyrrole nitrogens is 1. The molecule has 4 N–H and O–H groups in total. The van der Waals surface area contributed by atoms with Crippen LogP contribution in [0.25, 0.3) is 0 Å². The average molecular weight is 480 g/mol. The van der Waals surface area contributed by atoms with E-state index in [1.165, 1.54) is 16.6 Å². The standard InChI is InChI=1S/C20H29N7O5S/c1-4-14-16(17(18(21)28)25-24-14)19(29)23-15-11-13(12-22-20(15)32-6-3)33(30,31)27-9-7-26(5-2)8-10-27/h11-12H,4-10H2,1-3H3,(H2,21,28)(H,23,29)(H,24,25). The molecular weight excluding hydrogens is 450 g/mol. The van der Waals surface area contributed by atoms with E-state index in [-0.39, 0.29) is 34.3 Å².